The topological polar surface area (TPSA) is 43.4 Å². The summed E-state index contributed by atoms with van der Waals surface area (Å²) < 4.78 is 30.6. The van der Waals surface area contributed by atoms with Crippen molar-refractivity contribution in [2.24, 2.45) is 0 Å². The maximum atomic E-state index is 12.3. The summed E-state index contributed by atoms with van der Waals surface area (Å²) in [7, 11) is -3.31. The standard InChI is InChI=1S/C19H24O3S/c1-14(2)23(20,21)16-10-8-9-15(13-16)22-18-12-7-6-11-17(18)19(3,4)5/h6-14H,1-5H3. The minimum absolute atomic E-state index is 0.0573. The van der Waals surface area contributed by atoms with Crippen molar-refractivity contribution in [1.29, 1.82) is 0 Å². The lowest BCUT2D eigenvalue weighted by Gasteiger charge is -2.22. The van der Waals surface area contributed by atoms with E-state index in [0.29, 0.717) is 10.6 Å². The van der Waals surface area contributed by atoms with Crippen LogP contribution >= 0.6 is 0 Å². The van der Waals surface area contributed by atoms with Crippen LogP contribution in [0, 0.1) is 0 Å². The smallest absolute Gasteiger partial charge is 0.180 e. The van der Waals surface area contributed by atoms with E-state index in [1.807, 2.05) is 24.3 Å². The van der Waals surface area contributed by atoms with Crippen LogP contribution in [-0.2, 0) is 15.3 Å². The van der Waals surface area contributed by atoms with Crippen molar-refractivity contribution >= 4 is 9.84 Å². The molecule has 2 rings (SSSR count). The van der Waals surface area contributed by atoms with Gasteiger partial charge >= 0.3 is 0 Å². The Morgan fingerprint density at radius 3 is 2.22 bits per heavy atom. The highest BCUT2D eigenvalue weighted by Gasteiger charge is 2.21. The average molecular weight is 332 g/mol. The molecule has 0 amide bonds. The summed E-state index contributed by atoms with van der Waals surface area (Å²) in [5.41, 5.74) is 1.02. The van der Waals surface area contributed by atoms with Gasteiger partial charge in [0.2, 0.25) is 0 Å². The molecular weight excluding hydrogens is 308 g/mol. The van der Waals surface area contributed by atoms with Crippen LogP contribution in [0.2, 0.25) is 0 Å². The summed E-state index contributed by atoms with van der Waals surface area (Å²) in [5.74, 6) is 1.28. The lowest BCUT2D eigenvalue weighted by atomic mass is 9.86. The quantitative estimate of drug-likeness (QED) is 0.795. The van der Waals surface area contributed by atoms with Gasteiger partial charge in [-0.1, -0.05) is 45.0 Å². The van der Waals surface area contributed by atoms with E-state index in [-0.39, 0.29) is 5.41 Å². The second kappa shape index (κ2) is 6.36. The van der Waals surface area contributed by atoms with Gasteiger partial charge in [-0.25, -0.2) is 8.42 Å². The van der Waals surface area contributed by atoms with Crippen LogP contribution in [0.25, 0.3) is 0 Å². The molecule has 0 saturated carbocycles. The molecule has 3 nitrogen and oxygen atoms in total. The zero-order valence-corrected chi connectivity index (χ0v) is 15.1. The number of hydrogen-bond donors (Lipinski definition) is 0. The van der Waals surface area contributed by atoms with Crippen molar-refractivity contribution in [3.05, 3.63) is 54.1 Å². The maximum Gasteiger partial charge on any atom is 0.180 e. The Bertz CT molecular complexity index is 784. The third-order valence-corrected chi connectivity index (χ3v) is 5.83. The lowest BCUT2D eigenvalue weighted by Crippen LogP contribution is -2.14. The summed E-state index contributed by atoms with van der Waals surface area (Å²) in [5, 5.41) is -0.459. The fraction of sp³-hybridized carbons (Fsp3) is 0.368. The average Bonchev–Trinajstić information content (AvgIpc) is 2.47. The van der Waals surface area contributed by atoms with Crippen molar-refractivity contribution in [2.45, 2.75) is 50.2 Å². The Morgan fingerprint density at radius 2 is 1.61 bits per heavy atom. The predicted octanol–water partition coefficient (Wildman–Crippen LogP) is 4.96. The van der Waals surface area contributed by atoms with Crippen molar-refractivity contribution in [3.63, 3.8) is 0 Å². The maximum absolute atomic E-state index is 12.3. The monoisotopic (exact) mass is 332 g/mol. The molecule has 0 aromatic heterocycles. The van der Waals surface area contributed by atoms with E-state index < -0.39 is 15.1 Å². The van der Waals surface area contributed by atoms with E-state index in [4.69, 9.17) is 4.74 Å². The molecule has 0 unspecified atom stereocenters. The van der Waals surface area contributed by atoms with E-state index in [2.05, 4.69) is 20.8 Å². The first kappa shape index (κ1) is 17.5. The minimum Gasteiger partial charge on any atom is -0.457 e. The van der Waals surface area contributed by atoms with Crippen LogP contribution in [0.1, 0.15) is 40.2 Å². The van der Waals surface area contributed by atoms with Crippen molar-refractivity contribution < 1.29 is 13.2 Å². The minimum atomic E-state index is -3.31. The molecule has 0 fully saturated rings. The van der Waals surface area contributed by atoms with E-state index >= 15 is 0 Å². The third kappa shape index (κ3) is 3.94. The van der Waals surface area contributed by atoms with E-state index in [0.717, 1.165) is 11.3 Å². The Balaban J connectivity index is 2.40. The van der Waals surface area contributed by atoms with Crippen molar-refractivity contribution in [2.75, 3.05) is 0 Å². The largest absolute Gasteiger partial charge is 0.457 e. The molecule has 2 aromatic rings. The van der Waals surface area contributed by atoms with Gasteiger partial charge in [0.05, 0.1) is 10.1 Å². The number of rotatable bonds is 4. The number of para-hydroxylation sites is 1. The van der Waals surface area contributed by atoms with Crippen LogP contribution in [0.15, 0.2) is 53.4 Å². The molecule has 0 N–H and O–H groups in total. The molecule has 0 bridgehead atoms. The Morgan fingerprint density at radius 1 is 0.957 bits per heavy atom. The summed E-state index contributed by atoms with van der Waals surface area (Å²) >= 11 is 0. The molecule has 124 valence electrons. The molecule has 0 heterocycles. The van der Waals surface area contributed by atoms with Gasteiger partial charge in [0.25, 0.3) is 0 Å². The van der Waals surface area contributed by atoms with Crippen molar-refractivity contribution in [1.82, 2.24) is 0 Å². The third-order valence-electron chi connectivity index (χ3n) is 3.68. The fourth-order valence-electron chi connectivity index (χ4n) is 2.29. The predicted molar refractivity (Wildman–Crippen MR) is 94.0 cm³/mol. The Kier molecular flexibility index (Phi) is 4.85. The first-order chi connectivity index (χ1) is 10.6. The molecule has 0 aliphatic rings. The fourth-order valence-corrected chi connectivity index (χ4v) is 3.38. The lowest BCUT2D eigenvalue weighted by molar-refractivity contribution is 0.454. The second-order valence-electron chi connectivity index (χ2n) is 6.92. The van der Waals surface area contributed by atoms with Gasteiger partial charge < -0.3 is 4.74 Å². The summed E-state index contributed by atoms with van der Waals surface area (Å²) in [6.45, 7) is 9.72. The highest BCUT2D eigenvalue weighted by Crippen LogP contribution is 2.34. The van der Waals surface area contributed by atoms with E-state index in [9.17, 15) is 8.42 Å². The highest BCUT2D eigenvalue weighted by atomic mass is 32.2. The van der Waals surface area contributed by atoms with Crippen molar-refractivity contribution in [3.8, 4) is 11.5 Å². The van der Waals surface area contributed by atoms with Gasteiger partial charge in [-0.3, -0.25) is 0 Å². The molecule has 2 aromatic carbocycles. The first-order valence-corrected chi connectivity index (χ1v) is 9.28. The van der Waals surface area contributed by atoms with Crippen LogP contribution in [0.4, 0.5) is 0 Å². The van der Waals surface area contributed by atoms with Gasteiger partial charge in [-0.15, -0.1) is 0 Å². The van der Waals surface area contributed by atoms with Crippen LogP contribution in [0.5, 0.6) is 11.5 Å². The molecule has 4 heteroatoms. The molecule has 0 aliphatic carbocycles. The molecule has 23 heavy (non-hydrogen) atoms. The van der Waals surface area contributed by atoms with Gasteiger partial charge in [-0.05, 0) is 43.5 Å². The van der Waals surface area contributed by atoms with Gasteiger partial charge in [0, 0.05) is 5.56 Å². The second-order valence-corrected chi connectivity index (χ2v) is 9.42. The van der Waals surface area contributed by atoms with Crippen LogP contribution in [0.3, 0.4) is 0 Å². The molecule has 0 radical (unpaired) electrons. The summed E-state index contributed by atoms with van der Waals surface area (Å²) in [6.07, 6.45) is 0. The Labute approximate surface area is 139 Å². The molecule has 0 spiro atoms. The number of ether oxygens (including phenoxy) is 1. The van der Waals surface area contributed by atoms with Gasteiger partial charge in [0.1, 0.15) is 11.5 Å². The van der Waals surface area contributed by atoms with E-state index in [1.165, 1.54) is 0 Å². The van der Waals surface area contributed by atoms with E-state index in [1.54, 1.807) is 38.1 Å². The first-order valence-electron chi connectivity index (χ1n) is 7.73. The normalized spacial score (nSPS) is 12.4. The van der Waals surface area contributed by atoms with Crippen LogP contribution < -0.4 is 4.74 Å². The number of hydrogen-bond acceptors (Lipinski definition) is 3. The van der Waals surface area contributed by atoms with Crippen LogP contribution in [-0.4, -0.2) is 13.7 Å². The number of sulfone groups is 1. The Hall–Kier alpha value is -1.81. The summed E-state index contributed by atoms with van der Waals surface area (Å²) in [4.78, 5) is 0.290. The SMILES string of the molecule is CC(C)S(=O)(=O)c1cccc(Oc2ccccc2C(C)(C)C)c1. The molecular formula is C19H24O3S. The zero-order chi connectivity index (χ0) is 17.3. The summed E-state index contributed by atoms with van der Waals surface area (Å²) in [6, 6.07) is 14.5. The molecule has 0 atom stereocenters. The molecule has 0 saturated heterocycles. The molecule has 0 aliphatic heterocycles. The van der Waals surface area contributed by atoms with Gasteiger partial charge in [-0.2, -0.15) is 0 Å². The number of benzene rings is 2. The zero-order valence-electron chi connectivity index (χ0n) is 14.3. The highest BCUT2D eigenvalue weighted by molar-refractivity contribution is 7.92. The van der Waals surface area contributed by atoms with Gasteiger partial charge in [0.15, 0.2) is 9.84 Å².